The number of ether oxygens (including phenoxy) is 1. The molecule has 5 rings (SSSR count). The van der Waals surface area contributed by atoms with Crippen LogP contribution in [0.2, 0.25) is 0 Å². The van der Waals surface area contributed by atoms with E-state index in [-0.39, 0.29) is 11.6 Å². The zero-order valence-corrected chi connectivity index (χ0v) is 16.7. The Labute approximate surface area is 172 Å². The number of pyridine rings is 1. The lowest BCUT2D eigenvalue weighted by Gasteiger charge is -2.29. The maximum atomic E-state index is 14.3. The highest BCUT2D eigenvalue weighted by molar-refractivity contribution is 7.18. The molecule has 3 heterocycles. The highest BCUT2D eigenvalue weighted by Gasteiger charge is 2.20. The standard InChI is InChI=1S/C22H20FN3O2S/c23-15-10-14(11-16(12-15)26-6-8-28-9-7-26)21-13-24-22(29-21)19-5-4-17-18(25-19)2-1-3-20(17)27/h4-5,10-13H,1-3,6-9H2. The van der Waals surface area contributed by atoms with Crippen molar-refractivity contribution in [2.24, 2.45) is 0 Å². The van der Waals surface area contributed by atoms with Crippen molar-refractivity contribution in [2.45, 2.75) is 19.3 Å². The van der Waals surface area contributed by atoms with Crippen LogP contribution in [0.1, 0.15) is 28.9 Å². The molecule has 0 radical (unpaired) electrons. The van der Waals surface area contributed by atoms with Gasteiger partial charge in [0.15, 0.2) is 5.78 Å². The molecule has 1 aliphatic heterocycles. The quantitative estimate of drug-likeness (QED) is 0.643. The van der Waals surface area contributed by atoms with Crippen molar-refractivity contribution in [1.29, 1.82) is 0 Å². The van der Waals surface area contributed by atoms with Crippen LogP contribution < -0.4 is 4.90 Å². The van der Waals surface area contributed by atoms with E-state index in [4.69, 9.17) is 4.74 Å². The predicted molar refractivity (Wildman–Crippen MR) is 111 cm³/mol. The molecule has 1 aliphatic carbocycles. The van der Waals surface area contributed by atoms with Crippen LogP contribution in [0.5, 0.6) is 0 Å². The molecular formula is C22H20FN3O2S. The molecule has 2 aliphatic rings. The molecular weight excluding hydrogens is 389 g/mol. The van der Waals surface area contributed by atoms with Crippen molar-refractivity contribution in [3.05, 3.63) is 53.6 Å². The van der Waals surface area contributed by atoms with Crippen molar-refractivity contribution in [3.8, 4) is 21.1 Å². The number of hydrogen-bond donors (Lipinski definition) is 0. The first-order valence-electron chi connectivity index (χ1n) is 9.80. The highest BCUT2D eigenvalue weighted by atomic mass is 32.1. The van der Waals surface area contributed by atoms with Crippen molar-refractivity contribution >= 4 is 22.8 Å². The minimum Gasteiger partial charge on any atom is -0.378 e. The molecule has 2 aromatic heterocycles. The summed E-state index contributed by atoms with van der Waals surface area (Å²) in [4.78, 5) is 24.2. The third-order valence-corrected chi connectivity index (χ3v) is 6.43. The molecule has 0 atom stereocenters. The lowest BCUT2D eigenvalue weighted by atomic mass is 9.94. The number of nitrogens with zero attached hydrogens (tertiary/aromatic N) is 3. The second-order valence-corrected chi connectivity index (χ2v) is 8.33. The summed E-state index contributed by atoms with van der Waals surface area (Å²) in [6.07, 6.45) is 4.03. The number of fused-ring (bicyclic) bond motifs is 1. The van der Waals surface area contributed by atoms with Gasteiger partial charge in [-0.05, 0) is 48.7 Å². The van der Waals surface area contributed by atoms with Crippen molar-refractivity contribution in [1.82, 2.24) is 9.97 Å². The van der Waals surface area contributed by atoms with Gasteiger partial charge in [-0.3, -0.25) is 4.79 Å². The summed E-state index contributed by atoms with van der Waals surface area (Å²) in [7, 11) is 0. The van der Waals surface area contributed by atoms with Crippen LogP contribution in [0, 0.1) is 5.82 Å². The molecule has 5 nitrogen and oxygen atoms in total. The summed E-state index contributed by atoms with van der Waals surface area (Å²) < 4.78 is 19.7. The summed E-state index contributed by atoms with van der Waals surface area (Å²) in [5.74, 6) is -0.0927. The molecule has 1 aromatic carbocycles. The van der Waals surface area contributed by atoms with E-state index in [9.17, 15) is 9.18 Å². The number of benzene rings is 1. The van der Waals surface area contributed by atoms with Gasteiger partial charge in [0.05, 0.1) is 29.5 Å². The van der Waals surface area contributed by atoms with Crippen molar-refractivity contribution < 1.29 is 13.9 Å². The van der Waals surface area contributed by atoms with Crippen LogP contribution >= 0.6 is 11.3 Å². The molecule has 1 saturated heterocycles. The molecule has 0 amide bonds. The zero-order chi connectivity index (χ0) is 19.8. The molecule has 1 fully saturated rings. The number of halogens is 1. The van der Waals surface area contributed by atoms with Gasteiger partial charge in [0.1, 0.15) is 10.8 Å². The minimum absolute atomic E-state index is 0.167. The molecule has 3 aromatic rings. The van der Waals surface area contributed by atoms with Crippen molar-refractivity contribution in [3.63, 3.8) is 0 Å². The van der Waals surface area contributed by atoms with E-state index in [1.165, 1.54) is 11.3 Å². The first-order valence-corrected chi connectivity index (χ1v) is 10.6. The van der Waals surface area contributed by atoms with E-state index in [1.54, 1.807) is 18.3 Å². The monoisotopic (exact) mass is 409 g/mol. The highest BCUT2D eigenvalue weighted by Crippen LogP contribution is 2.34. The normalized spacial score (nSPS) is 16.7. The Morgan fingerprint density at radius 1 is 1.10 bits per heavy atom. The average molecular weight is 409 g/mol. The zero-order valence-electron chi connectivity index (χ0n) is 15.9. The summed E-state index contributed by atoms with van der Waals surface area (Å²) >= 11 is 1.49. The number of Topliss-reactive ketones (excluding diaryl/α,β-unsaturated/α-hetero) is 1. The first-order chi connectivity index (χ1) is 14.2. The second-order valence-electron chi connectivity index (χ2n) is 7.29. The SMILES string of the molecule is O=C1CCCc2nc(-c3ncc(-c4cc(F)cc(N5CCOCC5)c4)s3)ccc21. The second kappa shape index (κ2) is 7.65. The Bertz CT molecular complexity index is 1080. The number of hydrogen-bond acceptors (Lipinski definition) is 6. The largest absolute Gasteiger partial charge is 0.378 e. The summed E-state index contributed by atoms with van der Waals surface area (Å²) in [6.45, 7) is 2.83. The smallest absolute Gasteiger partial charge is 0.164 e. The number of thiazole rings is 1. The van der Waals surface area contributed by atoms with E-state index < -0.39 is 0 Å². The van der Waals surface area contributed by atoms with Gasteiger partial charge >= 0.3 is 0 Å². The number of anilines is 1. The summed E-state index contributed by atoms with van der Waals surface area (Å²) in [5.41, 5.74) is 4.03. The molecule has 7 heteroatoms. The molecule has 0 saturated carbocycles. The van der Waals surface area contributed by atoms with Crippen LogP contribution in [0.4, 0.5) is 10.1 Å². The van der Waals surface area contributed by atoms with E-state index in [1.807, 2.05) is 18.2 Å². The van der Waals surface area contributed by atoms with Gasteiger partial charge in [0.2, 0.25) is 0 Å². The predicted octanol–water partition coefficient (Wildman–Crippen LogP) is 4.37. The maximum Gasteiger partial charge on any atom is 0.164 e. The minimum atomic E-state index is -0.260. The van der Waals surface area contributed by atoms with Gasteiger partial charge in [-0.2, -0.15) is 0 Å². The third kappa shape index (κ3) is 3.68. The maximum absolute atomic E-state index is 14.3. The van der Waals surface area contributed by atoms with Crippen molar-refractivity contribution in [2.75, 3.05) is 31.2 Å². The van der Waals surface area contributed by atoms with Gasteiger partial charge in [-0.15, -0.1) is 11.3 Å². The Morgan fingerprint density at radius 3 is 2.83 bits per heavy atom. The average Bonchev–Trinajstić information content (AvgIpc) is 3.24. The fourth-order valence-electron chi connectivity index (χ4n) is 3.86. The molecule has 0 unspecified atom stereocenters. The van der Waals surface area contributed by atoms with Crippen LogP contribution in [0.15, 0.2) is 36.5 Å². The van der Waals surface area contributed by atoms with Crippen LogP contribution in [-0.4, -0.2) is 42.1 Å². The van der Waals surface area contributed by atoms with Crippen LogP contribution in [-0.2, 0) is 11.2 Å². The first kappa shape index (κ1) is 18.4. The summed E-state index contributed by atoms with van der Waals surface area (Å²) in [6, 6.07) is 8.83. The summed E-state index contributed by atoms with van der Waals surface area (Å²) in [5, 5.41) is 0.776. The number of aromatic nitrogens is 2. The Balaban J connectivity index is 1.46. The lowest BCUT2D eigenvalue weighted by Crippen LogP contribution is -2.36. The van der Waals surface area contributed by atoms with Gasteiger partial charge in [-0.25, -0.2) is 14.4 Å². The lowest BCUT2D eigenvalue weighted by molar-refractivity contribution is 0.0971. The topological polar surface area (TPSA) is 55.3 Å². The molecule has 0 spiro atoms. The number of carbonyl (C=O) groups is 1. The molecule has 148 valence electrons. The van der Waals surface area contributed by atoms with E-state index in [0.29, 0.717) is 19.6 Å². The fourth-order valence-corrected chi connectivity index (χ4v) is 4.74. The third-order valence-electron chi connectivity index (χ3n) is 5.36. The Kier molecular flexibility index (Phi) is 4.85. The number of ketones is 1. The molecule has 29 heavy (non-hydrogen) atoms. The van der Waals surface area contributed by atoms with Gasteiger partial charge in [0, 0.05) is 37.0 Å². The number of aryl methyl sites for hydroxylation is 1. The molecule has 0 N–H and O–H groups in total. The van der Waals surface area contributed by atoms with E-state index in [2.05, 4.69) is 14.9 Å². The fraction of sp³-hybridized carbons (Fsp3) is 0.318. The van der Waals surface area contributed by atoms with Gasteiger partial charge < -0.3 is 9.64 Å². The van der Waals surface area contributed by atoms with Gasteiger partial charge in [-0.1, -0.05) is 0 Å². The van der Waals surface area contributed by atoms with E-state index in [0.717, 1.165) is 64.0 Å². The Morgan fingerprint density at radius 2 is 1.97 bits per heavy atom. The van der Waals surface area contributed by atoms with Crippen LogP contribution in [0.25, 0.3) is 21.1 Å². The van der Waals surface area contributed by atoms with Gasteiger partial charge in [0.25, 0.3) is 0 Å². The van der Waals surface area contributed by atoms with E-state index >= 15 is 0 Å². The van der Waals surface area contributed by atoms with Crippen LogP contribution in [0.3, 0.4) is 0 Å². The number of carbonyl (C=O) groups excluding carboxylic acids is 1. The number of rotatable bonds is 3. The Hall–Kier alpha value is -2.64. The number of morpholine rings is 1. The molecule has 0 bridgehead atoms.